The van der Waals surface area contributed by atoms with Crippen molar-refractivity contribution in [3.63, 3.8) is 0 Å². The number of carbonyl (C=O) groups is 1. The Kier molecular flexibility index (Phi) is 9.44. The number of carbonyl (C=O) groups excluding carboxylic acids is 1. The van der Waals surface area contributed by atoms with Crippen LogP contribution in [0.15, 0.2) is 67.3 Å². The number of aromatic hydroxyl groups is 1. The van der Waals surface area contributed by atoms with Crippen molar-refractivity contribution in [1.29, 1.82) is 0 Å². The number of amides is 1. The Morgan fingerprint density at radius 1 is 1.19 bits per heavy atom. The van der Waals surface area contributed by atoms with E-state index in [1.165, 1.54) is 11.1 Å². The SMILES string of the molecule is C=CCN1CCC2(c3cccc(O)c3)CC(N(C)C(=O)CCCCCc3ccccc3)CC(OC)C2C1. The third-order valence-electron chi connectivity index (χ3n) is 8.84. The van der Waals surface area contributed by atoms with E-state index in [0.717, 1.165) is 64.6 Å². The van der Waals surface area contributed by atoms with Crippen molar-refractivity contribution >= 4 is 5.91 Å². The van der Waals surface area contributed by atoms with Gasteiger partial charge in [0.2, 0.25) is 5.91 Å². The molecule has 1 N–H and O–H groups in total. The lowest BCUT2D eigenvalue weighted by Crippen LogP contribution is -2.61. The standard InChI is InChI=1S/C32H44N2O3/c1-4-19-34-20-18-32(26-15-11-16-28(35)21-26)23-27(22-30(37-3)29(32)24-34)33(2)31(36)17-10-6-9-14-25-12-7-5-8-13-25/h4-5,7-8,11-13,15-16,21,27,29-30,35H,1,6,9-10,14,17-20,22-24H2,2-3H3. The van der Waals surface area contributed by atoms with Gasteiger partial charge in [-0.1, -0.05) is 55.0 Å². The maximum Gasteiger partial charge on any atom is 0.222 e. The summed E-state index contributed by atoms with van der Waals surface area (Å²) < 4.78 is 6.13. The first kappa shape index (κ1) is 27.4. The second-order valence-corrected chi connectivity index (χ2v) is 11.0. The van der Waals surface area contributed by atoms with Gasteiger partial charge in [0.15, 0.2) is 0 Å². The molecule has 4 unspecified atom stereocenters. The van der Waals surface area contributed by atoms with E-state index in [9.17, 15) is 9.90 Å². The number of benzene rings is 2. The van der Waals surface area contributed by atoms with Gasteiger partial charge in [-0.05, 0) is 68.3 Å². The molecule has 4 atom stereocenters. The monoisotopic (exact) mass is 504 g/mol. The molecule has 2 aromatic carbocycles. The minimum Gasteiger partial charge on any atom is -0.508 e. The molecule has 2 aliphatic rings. The van der Waals surface area contributed by atoms with Crippen molar-refractivity contribution in [2.45, 2.75) is 68.9 Å². The number of ether oxygens (including phenoxy) is 1. The lowest BCUT2D eigenvalue weighted by Gasteiger charge is -2.56. The normalized spacial score (nSPS) is 25.8. The average molecular weight is 505 g/mol. The van der Waals surface area contributed by atoms with Gasteiger partial charge in [-0.15, -0.1) is 6.58 Å². The number of hydrogen-bond donors (Lipinski definition) is 1. The predicted molar refractivity (Wildman–Crippen MR) is 150 cm³/mol. The van der Waals surface area contributed by atoms with Gasteiger partial charge >= 0.3 is 0 Å². The molecular weight excluding hydrogens is 460 g/mol. The summed E-state index contributed by atoms with van der Waals surface area (Å²) in [7, 11) is 3.79. The van der Waals surface area contributed by atoms with Crippen LogP contribution in [0.5, 0.6) is 5.75 Å². The van der Waals surface area contributed by atoms with Gasteiger partial charge in [0.05, 0.1) is 6.10 Å². The smallest absolute Gasteiger partial charge is 0.222 e. The van der Waals surface area contributed by atoms with Gasteiger partial charge in [-0.3, -0.25) is 9.69 Å². The average Bonchev–Trinajstić information content (AvgIpc) is 2.92. The predicted octanol–water partition coefficient (Wildman–Crippen LogP) is 5.58. The summed E-state index contributed by atoms with van der Waals surface area (Å²) in [6.07, 6.45) is 9.51. The highest BCUT2D eigenvalue weighted by molar-refractivity contribution is 5.76. The summed E-state index contributed by atoms with van der Waals surface area (Å²) in [5, 5.41) is 10.3. The maximum atomic E-state index is 13.3. The number of methoxy groups -OCH3 is 1. The fourth-order valence-corrected chi connectivity index (χ4v) is 6.75. The van der Waals surface area contributed by atoms with Gasteiger partial charge < -0.3 is 14.7 Å². The first-order valence-corrected chi connectivity index (χ1v) is 13.9. The number of fused-ring (bicyclic) bond motifs is 1. The zero-order chi connectivity index (χ0) is 26.3. The van der Waals surface area contributed by atoms with Crippen LogP contribution in [-0.4, -0.2) is 66.8 Å². The van der Waals surface area contributed by atoms with Crippen molar-refractivity contribution in [3.05, 3.63) is 78.4 Å². The van der Waals surface area contributed by atoms with Crippen molar-refractivity contribution in [1.82, 2.24) is 9.80 Å². The molecule has 1 heterocycles. The quantitative estimate of drug-likeness (QED) is 0.321. The number of aryl methyl sites for hydroxylation is 1. The molecule has 1 amide bonds. The summed E-state index contributed by atoms with van der Waals surface area (Å²) in [6.45, 7) is 6.72. The van der Waals surface area contributed by atoms with Crippen LogP contribution in [-0.2, 0) is 21.4 Å². The summed E-state index contributed by atoms with van der Waals surface area (Å²) in [5.41, 5.74) is 2.40. The largest absolute Gasteiger partial charge is 0.508 e. The van der Waals surface area contributed by atoms with Gasteiger partial charge in [0, 0.05) is 51.0 Å². The van der Waals surface area contributed by atoms with E-state index in [0.29, 0.717) is 18.1 Å². The topological polar surface area (TPSA) is 53.0 Å². The molecule has 2 fully saturated rings. The fourth-order valence-electron chi connectivity index (χ4n) is 6.75. The van der Waals surface area contributed by atoms with Crippen molar-refractivity contribution < 1.29 is 14.6 Å². The number of phenols is 1. The summed E-state index contributed by atoms with van der Waals surface area (Å²) in [5.74, 6) is 0.828. The maximum absolute atomic E-state index is 13.3. The number of nitrogens with zero attached hydrogens (tertiary/aromatic N) is 2. The van der Waals surface area contributed by atoms with Crippen molar-refractivity contribution in [2.24, 2.45) is 5.92 Å². The van der Waals surface area contributed by atoms with Gasteiger partial charge in [-0.25, -0.2) is 0 Å². The molecule has 0 spiro atoms. The highest BCUT2D eigenvalue weighted by atomic mass is 16.5. The summed E-state index contributed by atoms with van der Waals surface area (Å²) in [4.78, 5) is 17.7. The van der Waals surface area contributed by atoms with Crippen LogP contribution in [0.1, 0.15) is 56.1 Å². The molecule has 1 saturated carbocycles. The fraction of sp³-hybridized carbons (Fsp3) is 0.531. The van der Waals surface area contributed by atoms with Crippen molar-refractivity contribution in [2.75, 3.05) is 33.8 Å². The number of phenolic OH excluding ortho intramolecular Hbond substituents is 1. The van der Waals surface area contributed by atoms with Crippen LogP contribution in [0.25, 0.3) is 0 Å². The summed E-state index contributed by atoms with van der Waals surface area (Å²) in [6, 6.07) is 18.5. The molecule has 1 aliphatic carbocycles. The molecule has 37 heavy (non-hydrogen) atoms. The lowest BCUT2D eigenvalue weighted by molar-refractivity contribution is -0.137. The highest BCUT2D eigenvalue weighted by Crippen LogP contribution is 2.51. The molecule has 1 saturated heterocycles. The Morgan fingerprint density at radius 2 is 2.00 bits per heavy atom. The van der Waals surface area contributed by atoms with E-state index in [1.807, 2.05) is 30.2 Å². The Balaban J connectivity index is 1.44. The van der Waals surface area contributed by atoms with Crippen LogP contribution in [0.4, 0.5) is 0 Å². The van der Waals surface area contributed by atoms with Crippen LogP contribution < -0.4 is 0 Å². The van der Waals surface area contributed by atoms with E-state index >= 15 is 0 Å². The molecule has 5 nitrogen and oxygen atoms in total. The number of rotatable bonds is 11. The second-order valence-electron chi connectivity index (χ2n) is 11.0. The second kappa shape index (κ2) is 12.7. The first-order valence-electron chi connectivity index (χ1n) is 13.9. The molecular formula is C32H44N2O3. The zero-order valence-corrected chi connectivity index (χ0v) is 22.6. The third-order valence-corrected chi connectivity index (χ3v) is 8.84. The number of hydrogen-bond acceptors (Lipinski definition) is 4. The van der Waals surface area contributed by atoms with Crippen molar-refractivity contribution in [3.8, 4) is 5.75 Å². The van der Waals surface area contributed by atoms with Gasteiger partial charge in [0.1, 0.15) is 5.75 Å². The molecule has 2 aromatic rings. The Bertz CT molecular complexity index is 1030. The molecule has 200 valence electrons. The lowest BCUT2D eigenvalue weighted by atomic mass is 9.56. The molecule has 0 aromatic heterocycles. The van der Waals surface area contributed by atoms with E-state index < -0.39 is 0 Å². The molecule has 1 aliphatic heterocycles. The van der Waals surface area contributed by atoms with Crippen LogP contribution >= 0.6 is 0 Å². The summed E-state index contributed by atoms with van der Waals surface area (Å²) >= 11 is 0. The zero-order valence-electron chi connectivity index (χ0n) is 22.6. The van der Waals surface area contributed by atoms with E-state index in [1.54, 1.807) is 13.2 Å². The minimum absolute atomic E-state index is 0.0508. The Morgan fingerprint density at radius 3 is 2.73 bits per heavy atom. The van der Waals surface area contributed by atoms with Crippen LogP contribution in [0.2, 0.25) is 0 Å². The minimum atomic E-state index is -0.135. The van der Waals surface area contributed by atoms with Crippen LogP contribution in [0, 0.1) is 5.92 Å². The molecule has 4 rings (SSSR count). The number of likely N-dealkylation sites (tertiary alicyclic amines) is 1. The van der Waals surface area contributed by atoms with Gasteiger partial charge in [0.25, 0.3) is 0 Å². The molecule has 5 heteroatoms. The third kappa shape index (κ3) is 6.45. The van der Waals surface area contributed by atoms with E-state index in [2.05, 4.69) is 47.9 Å². The highest BCUT2D eigenvalue weighted by Gasteiger charge is 2.53. The molecule has 0 bridgehead atoms. The Hall–Kier alpha value is -2.63. The first-order chi connectivity index (χ1) is 18.0. The van der Waals surface area contributed by atoms with E-state index in [-0.39, 0.29) is 23.5 Å². The number of unbranched alkanes of at least 4 members (excludes halogenated alkanes) is 2. The molecule has 0 radical (unpaired) electrons. The number of piperidine rings is 1. The van der Waals surface area contributed by atoms with Gasteiger partial charge in [-0.2, -0.15) is 0 Å². The Labute approximate surface area is 223 Å². The van der Waals surface area contributed by atoms with Crippen LogP contribution in [0.3, 0.4) is 0 Å². The van der Waals surface area contributed by atoms with E-state index in [4.69, 9.17) is 4.74 Å².